The highest BCUT2D eigenvalue weighted by atomic mass is 16.4. The molecule has 2 unspecified atom stereocenters. The molecule has 2 N–H and O–H groups in total. The molecule has 4 atom stereocenters. The number of amides is 2. The van der Waals surface area contributed by atoms with Crippen LogP contribution in [0.1, 0.15) is 73.6 Å². The smallest absolute Gasteiger partial charge is 0.331 e. The maximum Gasteiger partial charge on any atom is 0.331 e. The molecule has 1 aliphatic heterocycles. The van der Waals surface area contributed by atoms with Gasteiger partial charge < -0.3 is 15.3 Å². The van der Waals surface area contributed by atoms with Crippen molar-refractivity contribution in [3.8, 4) is 0 Å². The molecule has 0 aliphatic carbocycles. The fraction of sp³-hybridized carbons (Fsp3) is 0.783. The van der Waals surface area contributed by atoms with Gasteiger partial charge in [0.05, 0.1) is 12.1 Å². The molecule has 1 rings (SSSR count). The maximum atomic E-state index is 13.2. The van der Waals surface area contributed by atoms with Gasteiger partial charge in [0.2, 0.25) is 11.8 Å². The molecule has 30 heavy (non-hydrogen) atoms. The summed E-state index contributed by atoms with van der Waals surface area (Å²) in [5, 5.41) is 12.2. The predicted octanol–water partition coefficient (Wildman–Crippen LogP) is 3.05. The first-order valence-corrected chi connectivity index (χ1v) is 11.3. The van der Waals surface area contributed by atoms with E-state index in [1.807, 2.05) is 20.8 Å². The van der Waals surface area contributed by atoms with E-state index in [-0.39, 0.29) is 35.4 Å². The van der Waals surface area contributed by atoms with Crippen LogP contribution in [0, 0.1) is 5.92 Å². The molecular formula is C23H41N3O4. The number of nitrogens with zero attached hydrogens (tertiary/aromatic N) is 2. The molecule has 0 aromatic heterocycles. The molecule has 0 aromatic rings. The van der Waals surface area contributed by atoms with Crippen molar-refractivity contribution in [2.45, 2.75) is 97.8 Å². The van der Waals surface area contributed by atoms with E-state index in [0.717, 1.165) is 32.2 Å². The number of carboxylic acids is 1. The average molecular weight is 424 g/mol. The van der Waals surface area contributed by atoms with Crippen LogP contribution in [-0.4, -0.2) is 70.4 Å². The Morgan fingerprint density at radius 3 is 2.30 bits per heavy atom. The number of carbonyl (C=O) groups excluding carboxylic acids is 2. The van der Waals surface area contributed by atoms with Gasteiger partial charge in [-0.3, -0.25) is 14.5 Å². The first kappa shape index (κ1) is 26.1. The van der Waals surface area contributed by atoms with Gasteiger partial charge in [-0.25, -0.2) is 4.79 Å². The minimum Gasteiger partial charge on any atom is -0.478 e. The second kappa shape index (κ2) is 12.1. The number of carboxylic acid groups (broad SMARTS) is 1. The first-order valence-electron chi connectivity index (χ1n) is 11.3. The molecule has 1 aliphatic rings. The van der Waals surface area contributed by atoms with E-state index >= 15 is 0 Å². The molecule has 1 saturated heterocycles. The quantitative estimate of drug-likeness (QED) is 0.527. The third-order valence-electron chi connectivity index (χ3n) is 6.28. The van der Waals surface area contributed by atoms with Crippen molar-refractivity contribution in [2.75, 3.05) is 13.6 Å². The first-order chi connectivity index (χ1) is 14.0. The summed E-state index contributed by atoms with van der Waals surface area (Å²) in [5.41, 5.74) is 0.207. The number of hydrogen-bond acceptors (Lipinski definition) is 4. The lowest BCUT2D eigenvalue weighted by Crippen LogP contribution is -2.58. The maximum absolute atomic E-state index is 13.2. The Hall–Kier alpha value is -1.89. The van der Waals surface area contributed by atoms with Gasteiger partial charge in [-0.2, -0.15) is 0 Å². The summed E-state index contributed by atoms with van der Waals surface area (Å²) in [4.78, 5) is 41.4. The molecule has 2 amide bonds. The number of nitrogens with one attached hydrogen (secondary N) is 1. The average Bonchev–Trinajstić information content (AvgIpc) is 2.73. The summed E-state index contributed by atoms with van der Waals surface area (Å²) in [6, 6.07) is -0.858. The van der Waals surface area contributed by atoms with Crippen LogP contribution in [0.25, 0.3) is 0 Å². The van der Waals surface area contributed by atoms with Gasteiger partial charge in [0.15, 0.2) is 0 Å². The molecule has 7 nitrogen and oxygen atoms in total. The number of likely N-dealkylation sites (tertiary alicyclic amines) is 1. The van der Waals surface area contributed by atoms with Crippen LogP contribution < -0.4 is 5.32 Å². The van der Waals surface area contributed by atoms with Crippen LogP contribution in [0.3, 0.4) is 0 Å². The number of piperidine rings is 1. The van der Waals surface area contributed by atoms with E-state index in [9.17, 15) is 14.4 Å². The van der Waals surface area contributed by atoms with Gasteiger partial charge in [0.1, 0.15) is 6.04 Å². The molecule has 1 fully saturated rings. The van der Waals surface area contributed by atoms with Crippen LogP contribution in [-0.2, 0) is 14.4 Å². The summed E-state index contributed by atoms with van der Waals surface area (Å²) < 4.78 is 0. The third kappa shape index (κ3) is 6.83. The number of likely N-dealkylation sites (N-methyl/N-ethyl adjacent to an activating group) is 1. The van der Waals surface area contributed by atoms with Crippen LogP contribution in [0.2, 0.25) is 0 Å². The largest absolute Gasteiger partial charge is 0.478 e. The molecule has 0 aromatic carbocycles. The van der Waals surface area contributed by atoms with Gasteiger partial charge >= 0.3 is 5.97 Å². The van der Waals surface area contributed by atoms with E-state index < -0.39 is 12.0 Å². The molecule has 7 heteroatoms. The van der Waals surface area contributed by atoms with E-state index in [4.69, 9.17) is 5.11 Å². The monoisotopic (exact) mass is 423 g/mol. The molecule has 0 radical (unpaired) electrons. The van der Waals surface area contributed by atoms with Crippen LogP contribution in [0.15, 0.2) is 11.6 Å². The third-order valence-corrected chi connectivity index (χ3v) is 6.28. The summed E-state index contributed by atoms with van der Waals surface area (Å²) in [7, 11) is 1.68. The Morgan fingerprint density at radius 2 is 1.80 bits per heavy atom. The standard InChI is InChI=1S/C23H41N3O4/c1-8-17(6)26-13-11-10-12-19(26)21(27)24-20(15(3)4)22(28)25(7)18(9-2)14-16(5)23(29)30/h14-15,17-20H,8-13H2,1-7H3,(H,24,27)(H,29,30)/b16-14+/t17?,18-,19+,20?/m0/s1. The van der Waals surface area contributed by atoms with Gasteiger partial charge in [-0.15, -0.1) is 0 Å². The highest BCUT2D eigenvalue weighted by molar-refractivity contribution is 5.90. The van der Waals surface area contributed by atoms with Crippen molar-refractivity contribution in [3.05, 3.63) is 11.6 Å². The summed E-state index contributed by atoms with van der Waals surface area (Å²) in [6.45, 7) is 12.5. The number of rotatable bonds is 10. The zero-order chi connectivity index (χ0) is 23.0. The Bertz CT molecular complexity index is 632. The lowest BCUT2D eigenvalue weighted by Gasteiger charge is -2.40. The molecule has 0 saturated carbocycles. The molecule has 172 valence electrons. The zero-order valence-electron chi connectivity index (χ0n) is 19.8. The van der Waals surface area contributed by atoms with E-state index in [2.05, 4.69) is 24.1 Å². The minimum atomic E-state index is -0.995. The Kier molecular flexibility index (Phi) is 10.5. The van der Waals surface area contributed by atoms with Crippen molar-refractivity contribution in [1.82, 2.24) is 15.1 Å². The summed E-state index contributed by atoms with van der Waals surface area (Å²) in [5.74, 6) is -1.34. The molecule has 0 spiro atoms. The van der Waals surface area contributed by atoms with Gasteiger partial charge in [0, 0.05) is 18.7 Å². The topological polar surface area (TPSA) is 90.0 Å². The Labute approximate surface area is 181 Å². The van der Waals surface area contributed by atoms with E-state index in [0.29, 0.717) is 12.5 Å². The second-order valence-corrected chi connectivity index (χ2v) is 8.82. The van der Waals surface area contributed by atoms with E-state index in [1.54, 1.807) is 18.0 Å². The van der Waals surface area contributed by atoms with E-state index in [1.165, 1.54) is 6.92 Å². The van der Waals surface area contributed by atoms with Crippen LogP contribution in [0.4, 0.5) is 0 Å². The number of aliphatic carboxylic acids is 1. The molecular weight excluding hydrogens is 382 g/mol. The molecule has 1 heterocycles. The van der Waals surface area contributed by atoms with Crippen molar-refractivity contribution in [1.29, 1.82) is 0 Å². The zero-order valence-corrected chi connectivity index (χ0v) is 19.8. The Morgan fingerprint density at radius 1 is 1.17 bits per heavy atom. The minimum absolute atomic E-state index is 0.0772. The fourth-order valence-electron chi connectivity index (χ4n) is 4.01. The normalized spacial score (nSPS) is 21.1. The molecule has 0 bridgehead atoms. The predicted molar refractivity (Wildman–Crippen MR) is 119 cm³/mol. The fourth-order valence-corrected chi connectivity index (χ4v) is 4.01. The summed E-state index contributed by atoms with van der Waals surface area (Å²) >= 11 is 0. The van der Waals surface area contributed by atoms with Crippen LogP contribution in [0.5, 0.6) is 0 Å². The second-order valence-electron chi connectivity index (χ2n) is 8.82. The van der Waals surface area contributed by atoms with Crippen molar-refractivity contribution >= 4 is 17.8 Å². The lowest BCUT2D eigenvalue weighted by molar-refractivity contribution is -0.140. The Balaban J connectivity index is 2.99. The number of hydrogen-bond donors (Lipinski definition) is 2. The van der Waals surface area contributed by atoms with Gasteiger partial charge in [0.25, 0.3) is 0 Å². The van der Waals surface area contributed by atoms with Gasteiger partial charge in [-0.05, 0) is 52.0 Å². The SMILES string of the molecule is CCC(C)N1CCCC[C@@H]1C(=O)NC(C(=O)N(C)[C@H](/C=C(\C)C(=O)O)CC)C(C)C. The van der Waals surface area contributed by atoms with Gasteiger partial charge in [-0.1, -0.05) is 40.2 Å². The highest BCUT2D eigenvalue weighted by Crippen LogP contribution is 2.22. The van der Waals surface area contributed by atoms with Crippen molar-refractivity contribution in [2.24, 2.45) is 5.92 Å². The summed E-state index contributed by atoms with van der Waals surface area (Å²) in [6.07, 6.45) is 6.09. The highest BCUT2D eigenvalue weighted by Gasteiger charge is 2.35. The number of carbonyl (C=O) groups is 3. The van der Waals surface area contributed by atoms with Crippen LogP contribution >= 0.6 is 0 Å². The lowest BCUT2D eigenvalue weighted by atomic mass is 9.96. The van der Waals surface area contributed by atoms with Crippen molar-refractivity contribution < 1.29 is 19.5 Å². The van der Waals surface area contributed by atoms with Crippen molar-refractivity contribution in [3.63, 3.8) is 0 Å².